The molecule has 17 heavy (non-hydrogen) atoms. The lowest BCUT2D eigenvalue weighted by Gasteiger charge is -2.18. The van der Waals surface area contributed by atoms with Gasteiger partial charge < -0.3 is 10.1 Å². The second kappa shape index (κ2) is 6.01. The summed E-state index contributed by atoms with van der Waals surface area (Å²) in [5.74, 6) is 0.908. The van der Waals surface area contributed by atoms with Gasteiger partial charge in [-0.25, -0.2) is 4.98 Å². The molecule has 0 amide bonds. The van der Waals surface area contributed by atoms with Gasteiger partial charge in [0.2, 0.25) is 0 Å². The first kappa shape index (κ1) is 14.0. The smallest absolute Gasteiger partial charge is 0.125 e. The normalized spacial score (nSPS) is 11.9. The number of rotatable bonds is 5. The first-order valence-corrected chi connectivity index (χ1v) is 6.21. The summed E-state index contributed by atoms with van der Waals surface area (Å²) in [4.78, 5) is 4.40. The van der Waals surface area contributed by atoms with E-state index in [4.69, 9.17) is 4.74 Å². The molecule has 0 aliphatic carbocycles. The van der Waals surface area contributed by atoms with Crippen LogP contribution in [0.5, 0.6) is 0 Å². The van der Waals surface area contributed by atoms with Crippen molar-refractivity contribution in [3.63, 3.8) is 0 Å². The van der Waals surface area contributed by atoms with Gasteiger partial charge in [0, 0.05) is 12.7 Å². The fourth-order valence-electron chi connectivity index (χ4n) is 1.42. The van der Waals surface area contributed by atoms with E-state index in [0.717, 1.165) is 12.4 Å². The van der Waals surface area contributed by atoms with Gasteiger partial charge in [-0.15, -0.1) is 0 Å². The van der Waals surface area contributed by atoms with Crippen molar-refractivity contribution >= 4 is 5.82 Å². The van der Waals surface area contributed by atoms with Crippen molar-refractivity contribution in [3.8, 4) is 0 Å². The van der Waals surface area contributed by atoms with Crippen molar-refractivity contribution in [2.24, 2.45) is 0 Å². The van der Waals surface area contributed by atoms with E-state index < -0.39 is 0 Å². The van der Waals surface area contributed by atoms with Crippen LogP contribution >= 0.6 is 0 Å². The van der Waals surface area contributed by atoms with Gasteiger partial charge in [-0.3, -0.25) is 0 Å². The molecule has 0 atom stereocenters. The molecule has 0 aliphatic heterocycles. The molecular formula is C14H24N2O. The number of anilines is 1. The van der Waals surface area contributed by atoms with E-state index in [1.54, 1.807) is 0 Å². The van der Waals surface area contributed by atoms with E-state index in [2.05, 4.69) is 37.1 Å². The Morgan fingerprint density at radius 1 is 1.29 bits per heavy atom. The highest BCUT2D eigenvalue weighted by molar-refractivity contribution is 5.36. The third-order valence-corrected chi connectivity index (χ3v) is 2.49. The molecule has 0 unspecified atom stereocenters. The molecule has 1 heterocycles. The summed E-state index contributed by atoms with van der Waals surface area (Å²) >= 11 is 0. The highest BCUT2D eigenvalue weighted by Gasteiger charge is 2.13. The second-order valence-electron chi connectivity index (χ2n) is 5.53. The predicted molar refractivity (Wildman–Crippen MR) is 72.5 cm³/mol. The van der Waals surface area contributed by atoms with Gasteiger partial charge in [0.1, 0.15) is 5.82 Å². The molecule has 1 aromatic heterocycles. The molecule has 1 rings (SSSR count). The number of aromatic nitrogens is 1. The molecule has 0 fully saturated rings. The van der Waals surface area contributed by atoms with Crippen LogP contribution in [-0.4, -0.2) is 24.2 Å². The van der Waals surface area contributed by atoms with Crippen molar-refractivity contribution in [2.45, 2.75) is 46.1 Å². The van der Waals surface area contributed by atoms with Crippen molar-refractivity contribution in [2.75, 3.05) is 18.5 Å². The third kappa shape index (κ3) is 5.18. The van der Waals surface area contributed by atoms with Crippen LogP contribution in [-0.2, 0) is 10.2 Å². The van der Waals surface area contributed by atoms with E-state index in [1.165, 1.54) is 5.56 Å². The van der Waals surface area contributed by atoms with Crippen LogP contribution in [0.25, 0.3) is 0 Å². The predicted octanol–water partition coefficient (Wildman–Crippen LogP) is 3.22. The monoisotopic (exact) mass is 236 g/mol. The zero-order chi connectivity index (χ0) is 12.9. The molecule has 0 saturated carbocycles. The van der Waals surface area contributed by atoms with Gasteiger partial charge in [-0.1, -0.05) is 26.8 Å². The molecule has 0 bridgehead atoms. The summed E-state index contributed by atoms with van der Waals surface area (Å²) in [7, 11) is 0. The van der Waals surface area contributed by atoms with E-state index in [9.17, 15) is 0 Å². The second-order valence-corrected chi connectivity index (χ2v) is 5.53. The standard InChI is InChI=1S/C14H24N2O/c1-11(2)17-9-8-15-13-7-6-12(10-16-13)14(3,4)5/h6-7,10-11H,8-9H2,1-5H3,(H,15,16). The molecule has 0 aliphatic rings. The van der Waals surface area contributed by atoms with Crippen molar-refractivity contribution in [1.82, 2.24) is 4.98 Å². The summed E-state index contributed by atoms with van der Waals surface area (Å²) < 4.78 is 5.45. The van der Waals surface area contributed by atoms with E-state index >= 15 is 0 Å². The van der Waals surface area contributed by atoms with Crippen molar-refractivity contribution in [1.29, 1.82) is 0 Å². The Kier molecular flexibility index (Phi) is 4.94. The molecule has 0 radical (unpaired) electrons. The number of pyridine rings is 1. The van der Waals surface area contributed by atoms with Crippen LogP contribution in [0, 0.1) is 0 Å². The lowest BCUT2D eigenvalue weighted by Crippen LogP contribution is -2.15. The van der Waals surface area contributed by atoms with E-state index in [0.29, 0.717) is 6.61 Å². The van der Waals surface area contributed by atoms with Gasteiger partial charge in [0.05, 0.1) is 12.7 Å². The topological polar surface area (TPSA) is 34.1 Å². The summed E-state index contributed by atoms with van der Waals surface area (Å²) in [6, 6.07) is 4.15. The molecule has 0 aromatic carbocycles. The SMILES string of the molecule is CC(C)OCCNc1ccc(C(C)(C)C)cn1. The molecule has 3 nitrogen and oxygen atoms in total. The maximum atomic E-state index is 5.45. The summed E-state index contributed by atoms with van der Waals surface area (Å²) in [5, 5.41) is 3.24. The minimum atomic E-state index is 0.159. The van der Waals surface area contributed by atoms with Gasteiger partial charge in [-0.2, -0.15) is 0 Å². The minimum Gasteiger partial charge on any atom is -0.377 e. The fourth-order valence-corrected chi connectivity index (χ4v) is 1.42. The first-order chi connectivity index (χ1) is 7.89. The first-order valence-electron chi connectivity index (χ1n) is 6.21. The summed E-state index contributed by atoms with van der Waals surface area (Å²) in [5.41, 5.74) is 1.41. The summed E-state index contributed by atoms with van der Waals surface area (Å²) in [6.07, 6.45) is 2.22. The number of hydrogen-bond acceptors (Lipinski definition) is 3. The molecule has 3 heteroatoms. The molecular weight excluding hydrogens is 212 g/mol. The van der Waals surface area contributed by atoms with Gasteiger partial charge in [0.25, 0.3) is 0 Å². The largest absolute Gasteiger partial charge is 0.377 e. The average molecular weight is 236 g/mol. The Morgan fingerprint density at radius 3 is 2.47 bits per heavy atom. The summed E-state index contributed by atoms with van der Waals surface area (Å²) in [6.45, 7) is 12.1. The highest BCUT2D eigenvalue weighted by atomic mass is 16.5. The van der Waals surface area contributed by atoms with Crippen LogP contribution in [0.2, 0.25) is 0 Å². The number of nitrogens with zero attached hydrogens (tertiary/aromatic N) is 1. The van der Waals surface area contributed by atoms with Crippen LogP contribution in [0.4, 0.5) is 5.82 Å². The molecule has 0 saturated heterocycles. The lowest BCUT2D eigenvalue weighted by molar-refractivity contribution is 0.0870. The van der Waals surface area contributed by atoms with Gasteiger partial charge in [0.15, 0.2) is 0 Å². The van der Waals surface area contributed by atoms with Crippen LogP contribution < -0.4 is 5.32 Å². The Bertz CT molecular complexity index is 325. The Morgan fingerprint density at radius 2 is 2.00 bits per heavy atom. The Hall–Kier alpha value is -1.09. The van der Waals surface area contributed by atoms with Crippen LogP contribution in [0.3, 0.4) is 0 Å². The molecule has 1 N–H and O–H groups in total. The lowest BCUT2D eigenvalue weighted by atomic mass is 9.88. The molecule has 0 spiro atoms. The number of hydrogen-bond donors (Lipinski definition) is 1. The highest BCUT2D eigenvalue weighted by Crippen LogP contribution is 2.21. The Labute approximate surface area is 105 Å². The van der Waals surface area contributed by atoms with Gasteiger partial charge in [-0.05, 0) is 30.9 Å². The third-order valence-electron chi connectivity index (χ3n) is 2.49. The van der Waals surface area contributed by atoms with Crippen LogP contribution in [0.1, 0.15) is 40.2 Å². The van der Waals surface area contributed by atoms with Crippen molar-refractivity contribution < 1.29 is 4.74 Å². The maximum Gasteiger partial charge on any atom is 0.125 e. The zero-order valence-electron chi connectivity index (χ0n) is 11.6. The molecule has 1 aromatic rings. The van der Waals surface area contributed by atoms with E-state index in [1.807, 2.05) is 26.1 Å². The van der Waals surface area contributed by atoms with Crippen LogP contribution in [0.15, 0.2) is 18.3 Å². The fraction of sp³-hybridized carbons (Fsp3) is 0.643. The quantitative estimate of drug-likeness (QED) is 0.797. The van der Waals surface area contributed by atoms with Crippen molar-refractivity contribution in [3.05, 3.63) is 23.9 Å². The number of nitrogens with one attached hydrogen (secondary N) is 1. The van der Waals surface area contributed by atoms with Gasteiger partial charge >= 0.3 is 0 Å². The van der Waals surface area contributed by atoms with E-state index in [-0.39, 0.29) is 11.5 Å². The minimum absolute atomic E-state index is 0.159. The molecule has 96 valence electrons. The maximum absolute atomic E-state index is 5.45. The number of ether oxygens (including phenoxy) is 1. The average Bonchev–Trinajstić information content (AvgIpc) is 2.23. The zero-order valence-corrected chi connectivity index (χ0v) is 11.6. The Balaban J connectivity index is 2.41.